The molecule has 8 N–H and O–H groups in total. The van der Waals surface area contributed by atoms with E-state index in [1.54, 1.807) is 19.1 Å². The Bertz CT molecular complexity index is 1280. The monoisotopic (exact) mass is 686 g/mol. The van der Waals surface area contributed by atoms with Crippen LogP contribution in [-0.2, 0) is 49.2 Å². The minimum absolute atomic E-state index is 0.0483. The van der Waals surface area contributed by atoms with Crippen molar-refractivity contribution in [2.24, 2.45) is 5.92 Å². The average molecular weight is 687 g/mol. The first-order valence-electron chi connectivity index (χ1n) is 15.2. The molecule has 1 aromatic carbocycles. The maximum atomic E-state index is 13.1. The number of carbonyl (C=O) groups is 2. The molecular weight excluding hydrogens is 644 g/mol. The molecule has 0 saturated carbocycles. The number of allylic oxidation sites excluding steroid dienone is 1. The summed E-state index contributed by atoms with van der Waals surface area (Å²) in [5.74, 6) is -2.69. The molecule has 0 aliphatic carbocycles. The summed E-state index contributed by atoms with van der Waals surface area (Å²) in [7, 11) is 1.12. The van der Waals surface area contributed by atoms with Gasteiger partial charge in [0.05, 0.1) is 38.6 Å². The topological polar surface area (TPSA) is 261 Å². The van der Waals surface area contributed by atoms with Crippen LogP contribution in [0.3, 0.4) is 0 Å². The number of esters is 2. The van der Waals surface area contributed by atoms with Crippen LogP contribution in [0.1, 0.15) is 18.9 Å². The van der Waals surface area contributed by atoms with E-state index < -0.39 is 105 Å². The van der Waals surface area contributed by atoms with Crippen LogP contribution < -0.4 is 0 Å². The van der Waals surface area contributed by atoms with E-state index >= 15 is 0 Å². The van der Waals surface area contributed by atoms with Crippen LogP contribution in [0.4, 0.5) is 0 Å². The van der Waals surface area contributed by atoms with Crippen molar-refractivity contribution < 1.29 is 83.6 Å². The van der Waals surface area contributed by atoms with Crippen molar-refractivity contribution in [3.8, 4) is 5.75 Å². The highest BCUT2D eigenvalue weighted by Crippen LogP contribution is 2.36. The van der Waals surface area contributed by atoms with Crippen molar-refractivity contribution in [2.45, 2.75) is 87.5 Å². The first kappa shape index (κ1) is 37.6. The first-order chi connectivity index (χ1) is 22.9. The van der Waals surface area contributed by atoms with Gasteiger partial charge in [0.25, 0.3) is 0 Å². The van der Waals surface area contributed by atoms with Crippen molar-refractivity contribution in [1.29, 1.82) is 0 Å². The molecule has 3 aliphatic rings. The Morgan fingerprint density at radius 3 is 2.12 bits per heavy atom. The summed E-state index contributed by atoms with van der Waals surface area (Å²) in [5.41, 5.74) is 0.922. The van der Waals surface area contributed by atoms with Gasteiger partial charge in [0, 0.05) is 11.5 Å². The van der Waals surface area contributed by atoms with Gasteiger partial charge in [0.2, 0.25) is 6.29 Å². The van der Waals surface area contributed by atoms with E-state index in [4.69, 9.17) is 33.2 Å². The maximum Gasteiger partial charge on any atom is 0.337 e. The molecular formula is C31H42O17. The third kappa shape index (κ3) is 8.68. The molecule has 1 aromatic rings. The second-order valence-electron chi connectivity index (χ2n) is 11.4. The number of rotatable bonds is 12. The maximum absolute atomic E-state index is 13.1. The molecule has 2 fully saturated rings. The quantitative estimate of drug-likeness (QED) is 0.0834. The fourth-order valence-electron chi connectivity index (χ4n) is 5.47. The number of carbonyl (C=O) groups excluding carboxylic acids is 2. The molecule has 0 unspecified atom stereocenters. The van der Waals surface area contributed by atoms with Gasteiger partial charge in [-0.1, -0.05) is 18.2 Å². The molecule has 12 atom stereocenters. The smallest absolute Gasteiger partial charge is 0.337 e. The van der Waals surface area contributed by atoms with Gasteiger partial charge in [0.1, 0.15) is 61.2 Å². The zero-order valence-corrected chi connectivity index (χ0v) is 26.2. The Morgan fingerprint density at radius 1 is 0.875 bits per heavy atom. The number of phenols is 1. The van der Waals surface area contributed by atoms with E-state index in [9.17, 15) is 50.4 Å². The first-order valence-corrected chi connectivity index (χ1v) is 15.2. The van der Waals surface area contributed by atoms with E-state index in [0.29, 0.717) is 6.42 Å². The summed E-state index contributed by atoms with van der Waals surface area (Å²) in [5, 5.41) is 80.8. The fourth-order valence-corrected chi connectivity index (χ4v) is 5.47. The van der Waals surface area contributed by atoms with Crippen LogP contribution in [0.2, 0.25) is 0 Å². The van der Waals surface area contributed by atoms with Gasteiger partial charge >= 0.3 is 11.9 Å². The highest BCUT2D eigenvalue weighted by molar-refractivity contribution is 5.90. The van der Waals surface area contributed by atoms with Gasteiger partial charge < -0.3 is 74.0 Å². The molecule has 0 radical (unpaired) electrons. The van der Waals surface area contributed by atoms with Crippen LogP contribution >= 0.6 is 0 Å². The third-order valence-corrected chi connectivity index (χ3v) is 8.29. The van der Waals surface area contributed by atoms with Crippen LogP contribution in [-0.4, -0.2) is 147 Å². The number of aliphatic hydroxyl groups excluding tert-OH is 7. The molecule has 0 amide bonds. The zero-order chi connectivity index (χ0) is 35.1. The number of aromatic hydroxyl groups is 1. The lowest BCUT2D eigenvalue weighted by Gasteiger charge is -2.42. The summed E-state index contributed by atoms with van der Waals surface area (Å²) < 4.78 is 38.0. The van der Waals surface area contributed by atoms with Crippen LogP contribution in [0.25, 0.3) is 0 Å². The molecule has 4 rings (SSSR count). The van der Waals surface area contributed by atoms with Crippen molar-refractivity contribution in [1.82, 2.24) is 0 Å². The highest BCUT2D eigenvalue weighted by atomic mass is 16.8. The van der Waals surface area contributed by atoms with Gasteiger partial charge in [-0.3, -0.25) is 4.79 Å². The Kier molecular flexibility index (Phi) is 13.3. The molecule has 3 heterocycles. The summed E-state index contributed by atoms with van der Waals surface area (Å²) in [6.45, 7) is 0.335. The predicted octanol–water partition coefficient (Wildman–Crippen LogP) is -2.52. The normalized spacial score (nSPS) is 36.2. The van der Waals surface area contributed by atoms with Gasteiger partial charge in [-0.05, 0) is 31.0 Å². The zero-order valence-electron chi connectivity index (χ0n) is 26.2. The van der Waals surface area contributed by atoms with Gasteiger partial charge in [-0.15, -0.1) is 0 Å². The van der Waals surface area contributed by atoms with E-state index in [-0.39, 0.29) is 23.5 Å². The Morgan fingerprint density at radius 2 is 1.50 bits per heavy atom. The number of ether oxygens (including phenoxy) is 7. The molecule has 268 valence electrons. The fraction of sp³-hybridized carbons (Fsp3) is 0.613. The number of hydrogen-bond donors (Lipinski definition) is 8. The number of phenolic OH excluding ortho intramolecular Hbond substituents is 1. The minimum Gasteiger partial charge on any atom is -0.508 e. The summed E-state index contributed by atoms with van der Waals surface area (Å²) in [6.07, 6.45) is -14.6. The summed E-state index contributed by atoms with van der Waals surface area (Å²) >= 11 is 0. The standard InChI is InChI=1S/C31H42O17/c1-3-16-17(18(28(41)42-2)12-45-29(16)48-31-27(40)24(37)22(35)19(11-32)46-31)10-21(34)44-13-20-23(36)25(38)26(39)30(47-20)43-9-8-14-4-6-15(33)7-5-14/h3-7,12,17,19-20,22-27,29-33,35-40H,8-11,13H2,1-2H3/b16-3-/t17-,19+,20+,22+,23-,24-,25+,26+,27+,29-,30+,31-/m1/s1. The van der Waals surface area contributed by atoms with E-state index in [1.165, 1.54) is 18.2 Å². The highest BCUT2D eigenvalue weighted by Gasteiger charge is 2.48. The van der Waals surface area contributed by atoms with Crippen molar-refractivity contribution >= 4 is 11.9 Å². The second kappa shape index (κ2) is 17.0. The Labute approximate surface area is 275 Å². The van der Waals surface area contributed by atoms with Crippen molar-refractivity contribution in [3.63, 3.8) is 0 Å². The SMILES string of the molecule is C/C=C1\[C@@H](O[C@H]2O[C@@H](CO)[C@H](O)[C@@H](O)[C@@H]2O)OC=C(C(=O)OC)[C@@H]1CC(=O)OC[C@@H]1O[C@H](OCCc2ccc(O)cc2)[C@@H](O)[C@@H](O)[C@@H]1O. The molecule has 17 nitrogen and oxygen atoms in total. The summed E-state index contributed by atoms with van der Waals surface area (Å²) in [4.78, 5) is 25.7. The predicted molar refractivity (Wildman–Crippen MR) is 157 cm³/mol. The van der Waals surface area contributed by atoms with Crippen molar-refractivity contribution in [3.05, 3.63) is 53.3 Å². The van der Waals surface area contributed by atoms with Gasteiger partial charge in [-0.2, -0.15) is 0 Å². The van der Waals surface area contributed by atoms with E-state index in [0.717, 1.165) is 18.9 Å². The molecule has 0 aromatic heterocycles. The van der Waals surface area contributed by atoms with E-state index in [2.05, 4.69) is 0 Å². The average Bonchev–Trinajstić information content (AvgIpc) is 3.08. The molecule has 17 heteroatoms. The second-order valence-corrected chi connectivity index (χ2v) is 11.4. The van der Waals surface area contributed by atoms with Crippen LogP contribution in [0.15, 0.2) is 47.7 Å². The molecule has 0 spiro atoms. The number of benzene rings is 1. The van der Waals surface area contributed by atoms with Crippen LogP contribution in [0.5, 0.6) is 5.75 Å². The van der Waals surface area contributed by atoms with E-state index in [1.807, 2.05) is 0 Å². The Hall–Kier alpha value is -3.20. The minimum atomic E-state index is -1.75. The number of hydrogen-bond acceptors (Lipinski definition) is 17. The molecule has 48 heavy (non-hydrogen) atoms. The lowest BCUT2D eigenvalue weighted by Crippen LogP contribution is -2.60. The van der Waals surface area contributed by atoms with Crippen molar-refractivity contribution in [2.75, 3.05) is 26.9 Å². The van der Waals surface area contributed by atoms with Gasteiger partial charge in [0.15, 0.2) is 12.6 Å². The number of methoxy groups -OCH3 is 1. The molecule has 2 saturated heterocycles. The number of aliphatic hydroxyl groups is 7. The Balaban J connectivity index is 1.39. The molecule has 0 bridgehead atoms. The largest absolute Gasteiger partial charge is 0.508 e. The lowest BCUT2D eigenvalue weighted by molar-refractivity contribution is -0.327. The molecule has 3 aliphatic heterocycles. The third-order valence-electron chi connectivity index (χ3n) is 8.29. The summed E-state index contributed by atoms with van der Waals surface area (Å²) in [6, 6.07) is 6.37. The van der Waals surface area contributed by atoms with Gasteiger partial charge in [-0.25, -0.2) is 4.79 Å². The van der Waals surface area contributed by atoms with Crippen LogP contribution in [0, 0.1) is 5.92 Å². The lowest BCUT2D eigenvalue weighted by atomic mass is 9.86.